The maximum absolute atomic E-state index is 10.2. The van der Waals surface area contributed by atoms with Crippen molar-refractivity contribution in [2.24, 2.45) is 4.99 Å². The van der Waals surface area contributed by atoms with E-state index in [1.807, 2.05) is 37.9 Å². The molecule has 0 aliphatic carbocycles. The van der Waals surface area contributed by atoms with E-state index in [1.54, 1.807) is 17.4 Å². The molecule has 1 aromatic heterocycles. The Kier molecular flexibility index (Phi) is 8.98. The lowest BCUT2D eigenvalue weighted by Crippen LogP contribution is -2.38. The lowest BCUT2D eigenvalue weighted by molar-refractivity contribution is 0.370. The van der Waals surface area contributed by atoms with Crippen molar-refractivity contribution in [2.75, 3.05) is 20.7 Å². The summed E-state index contributed by atoms with van der Waals surface area (Å²) in [5.74, 6) is 1.36. The molecule has 8 heteroatoms. The summed E-state index contributed by atoms with van der Waals surface area (Å²) in [6.45, 7) is 5.84. The van der Waals surface area contributed by atoms with Crippen LogP contribution < -0.4 is 10.1 Å². The highest BCUT2D eigenvalue weighted by atomic mass is 127. The fourth-order valence-corrected chi connectivity index (χ4v) is 2.89. The molecule has 1 heterocycles. The average Bonchev–Trinajstić information content (AvgIpc) is 2.97. The van der Waals surface area contributed by atoms with Crippen molar-refractivity contribution < 1.29 is 9.84 Å². The SMILES string of the molecule is CCNC(=NCc1cccc(OC)c1O)N(C)Cc1csc(C)n1.I. The lowest BCUT2D eigenvalue weighted by Gasteiger charge is -2.21. The Hall–Kier alpha value is -1.55. The third kappa shape index (κ3) is 6.03. The maximum Gasteiger partial charge on any atom is 0.194 e. The van der Waals surface area contributed by atoms with Gasteiger partial charge in [-0.2, -0.15) is 0 Å². The van der Waals surface area contributed by atoms with Gasteiger partial charge in [0.1, 0.15) is 0 Å². The minimum Gasteiger partial charge on any atom is -0.504 e. The number of aromatic hydroxyl groups is 1. The second-order valence-corrected chi connectivity index (χ2v) is 6.41. The smallest absolute Gasteiger partial charge is 0.194 e. The molecule has 0 aliphatic rings. The van der Waals surface area contributed by atoms with Crippen molar-refractivity contribution in [2.45, 2.75) is 26.9 Å². The third-order valence-electron chi connectivity index (χ3n) is 3.46. The standard InChI is InChI=1S/C17H24N4O2S.HI/c1-5-18-17(21(3)10-14-11-24-12(2)20-14)19-9-13-7-6-8-15(23-4)16(13)22;/h6-8,11,22H,5,9-10H2,1-4H3,(H,18,19);1H. The van der Waals surface area contributed by atoms with Crippen molar-refractivity contribution in [1.29, 1.82) is 0 Å². The molecule has 0 fully saturated rings. The zero-order chi connectivity index (χ0) is 17.5. The minimum absolute atomic E-state index is 0. The van der Waals surface area contributed by atoms with Gasteiger partial charge in [-0.25, -0.2) is 9.98 Å². The minimum atomic E-state index is 0. The van der Waals surface area contributed by atoms with Gasteiger partial charge < -0.3 is 20.1 Å². The second-order valence-electron chi connectivity index (χ2n) is 5.35. The number of phenolic OH excluding ortho intramolecular Hbond substituents is 1. The Balaban J connectivity index is 0.00000312. The quantitative estimate of drug-likeness (QED) is 0.380. The summed E-state index contributed by atoms with van der Waals surface area (Å²) in [7, 11) is 3.51. The number of halogens is 1. The first-order valence-electron chi connectivity index (χ1n) is 7.80. The van der Waals surface area contributed by atoms with Gasteiger partial charge in [-0.05, 0) is 19.9 Å². The highest BCUT2D eigenvalue weighted by Crippen LogP contribution is 2.29. The van der Waals surface area contributed by atoms with Crippen LogP contribution in [0.5, 0.6) is 11.5 Å². The fourth-order valence-electron chi connectivity index (χ4n) is 2.29. The van der Waals surface area contributed by atoms with Crippen LogP contribution >= 0.6 is 35.3 Å². The van der Waals surface area contributed by atoms with E-state index < -0.39 is 0 Å². The number of hydrogen-bond donors (Lipinski definition) is 2. The van der Waals surface area contributed by atoms with Gasteiger partial charge in [0, 0.05) is 24.5 Å². The molecule has 2 aromatic rings. The van der Waals surface area contributed by atoms with E-state index in [0.717, 1.165) is 28.8 Å². The topological polar surface area (TPSA) is 70.0 Å². The molecule has 2 N–H and O–H groups in total. The summed E-state index contributed by atoms with van der Waals surface area (Å²) < 4.78 is 5.14. The lowest BCUT2D eigenvalue weighted by atomic mass is 10.2. The van der Waals surface area contributed by atoms with Crippen LogP contribution in [-0.2, 0) is 13.1 Å². The van der Waals surface area contributed by atoms with E-state index in [9.17, 15) is 5.11 Å². The summed E-state index contributed by atoms with van der Waals surface area (Å²) >= 11 is 1.64. The number of guanidine groups is 1. The molecular weight excluding hydrogens is 451 g/mol. The number of aliphatic imine (C=N–C) groups is 1. The first-order chi connectivity index (χ1) is 11.5. The van der Waals surface area contributed by atoms with Crippen molar-refractivity contribution in [1.82, 2.24) is 15.2 Å². The molecule has 0 amide bonds. The van der Waals surface area contributed by atoms with E-state index in [1.165, 1.54) is 7.11 Å². The van der Waals surface area contributed by atoms with Crippen molar-refractivity contribution >= 4 is 41.3 Å². The van der Waals surface area contributed by atoms with E-state index >= 15 is 0 Å². The molecule has 0 bridgehead atoms. The summed E-state index contributed by atoms with van der Waals surface area (Å²) in [6, 6.07) is 5.41. The summed E-state index contributed by atoms with van der Waals surface area (Å²) in [5, 5.41) is 16.6. The van der Waals surface area contributed by atoms with Crippen LogP contribution in [0.2, 0.25) is 0 Å². The van der Waals surface area contributed by atoms with Gasteiger partial charge in [-0.15, -0.1) is 35.3 Å². The number of methoxy groups -OCH3 is 1. The number of thiazole rings is 1. The van der Waals surface area contributed by atoms with Gasteiger partial charge in [0.05, 0.1) is 30.9 Å². The van der Waals surface area contributed by atoms with Crippen LogP contribution in [0.15, 0.2) is 28.6 Å². The van der Waals surface area contributed by atoms with Gasteiger partial charge in [0.15, 0.2) is 17.5 Å². The number of nitrogens with zero attached hydrogens (tertiary/aromatic N) is 3. The summed E-state index contributed by atoms with van der Waals surface area (Å²) in [4.78, 5) is 11.1. The number of ether oxygens (including phenoxy) is 1. The number of aromatic nitrogens is 1. The van der Waals surface area contributed by atoms with Crippen LogP contribution in [0.4, 0.5) is 0 Å². The molecule has 25 heavy (non-hydrogen) atoms. The Bertz CT molecular complexity index is 706. The number of rotatable bonds is 6. The molecule has 1 aromatic carbocycles. The second kappa shape index (κ2) is 10.4. The number of phenols is 1. The molecule has 0 aliphatic heterocycles. The largest absolute Gasteiger partial charge is 0.504 e. The predicted octanol–water partition coefficient (Wildman–Crippen LogP) is 3.38. The van der Waals surface area contributed by atoms with Crippen LogP contribution in [0.1, 0.15) is 23.2 Å². The molecule has 0 saturated carbocycles. The highest BCUT2D eigenvalue weighted by molar-refractivity contribution is 14.0. The summed E-state index contributed by atoms with van der Waals surface area (Å²) in [5.41, 5.74) is 1.75. The predicted molar refractivity (Wildman–Crippen MR) is 113 cm³/mol. The van der Waals surface area contributed by atoms with Crippen molar-refractivity contribution in [3.8, 4) is 11.5 Å². The van der Waals surface area contributed by atoms with Crippen LogP contribution in [-0.4, -0.2) is 41.7 Å². The Morgan fingerprint density at radius 3 is 2.80 bits per heavy atom. The molecule has 0 spiro atoms. The van der Waals surface area contributed by atoms with E-state index in [4.69, 9.17) is 4.74 Å². The molecule has 138 valence electrons. The Morgan fingerprint density at radius 2 is 2.20 bits per heavy atom. The van der Waals surface area contributed by atoms with Gasteiger partial charge in [-0.3, -0.25) is 0 Å². The molecule has 0 saturated heterocycles. The van der Waals surface area contributed by atoms with E-state index in [-0.39, 0.29) is 29.7 Å². The van der Waals surface area contributed by atoms with Gasteiger partial charge in [0.25, 0.3) is 0 Å². The average molecular weight is 476 g/mol. The van der Waals surface area contributed by atoms with Crippen molar-refractivity contribution in [3.05, 3.63) is 39.8 Å². The third-order valence-corrected chi connectivity index (χ3v) is 4.29. The van der Waals surface area contributed by atoms with Crippen molar-refractivity contribution in [3.63, 3.8) is 0 Å². The van der Waals surface area contributed by atoms with Crippen LogP contribution in [0.3, 0.4) is 0 Å². The van der Waals surface area contributed by atoms with Gasteiger partial charge in [-0.1, -0.05) is 12.1 Å². The first kappa shape index (κ1) is 21.5. The number of benzene rings is 1. The number of para-hydroxylation sites is 1. The maximum atomic E-state index is 10.2. The normalized spacial score (nSPS) is 11.0. The van der Waals surface area contributed by atoms with E-state index in [2.05, 4.69) is 20.7 Å². The number of hydrogen-bond acceptors (Lipinski definition) is 5. The molecule has 2 rings (SSSR count). The zero-order valence-electron chi connectivity index (χ0n) is 14.9. The molecular formula is C17H25IN4O2S. The molecule has 6 nitrogen and oxygen atoms in total. The monoisotopic (exact) mass is 476 g/mol. The zero-order valence-corrected chi connectivity index (χ0v) is 18.1. The molecule has 0 atom stereocenters. The Labute approximate surface area is 170 Å². The fraction of sp³-hybridized carbons (Fsp3) is 0.412. The number of aryl methyl sites for hydroxylation is 1. The summed E-state index contributed by atoms with van der Waals surface area (Å²) in [6.07, 6.45) is 0. The van der Waals surface area contributed by atoms with Crippen LogP contribution in [0.25, 0.3) is 0 Å². The first-order valence-corrected chi connectivity index (χ1v) is 8.68. The Morgan fingerprint density at radius 1 is 1.44 bits per heavy atom. The highest BCUT2D eigenvalue weighted by Gasteiger charge is 2.10. The molecule has 0 radical (unpaired) electrons. The van der Waals surface area contributed by atoms with E-state index in [0.29, 0.717) is 18.8 Å². The van der Waals surface area contributed by atoms with Gasteiger partial charge in [0.2, 0.25) is 0 Å². The van der Waals surface area contributed by atoms with Crippen LogP contribution in [0, 0.1) is 6.92 Å². The van der Waals surface area contributed by atoms with Gasteiger partial charge >= 0.3 is 0 Å². The number of nitrogens with one attached hydrogen (secondary N) is 1. The molecule has 0 unspecified atom stereocenters.